The molecule has 0 radical (unpaired) electrons. The number of hydrogen-bond donors (Lipinski definition) is 2. The minimum Gasteiger partial charge on any atom is -0.330 e. The molecule has 1 heterocycles. The van der Waals surface area contributed by atoms with Crippen LogP contribution in [0.1, 0.15) is 37.1 Å². The van der Waals surface area contributed by atoms with Crippen LogP contribution in [0.15, 0.2) is 12.1 Å². The molecular weight excluding hydrogens is 226 g/mol. The van der Waals surface area contributed by atoms with Crippen LogP contribution in [-0.2, 0) is 4.79 Å². The van der Waals surface area contributed by atoms with E-state index in [1.54, 1.807) is 0 Å². The van der Waals surface area contributed by atoms with Crippen molar-refractivity contribution in [3.63, 3.8) is 0 Å². The summed E-state index contributed by atoms with van der Waals surface area (Å²) in [5.41, 5.74) is 10.9. The van der Waals surface area contributed by atoms with Crippen molar-refractivity contribution in [3.8, 4) is 0 Å². The Labute approximate surface area is 109 Å². The van der Waals surface area contributed by atoms with Gasteiger partial charge >= 0.3 is 0 Å². The molecule has 0 aliphatic heterocycles. The molecule has 1 aliphatic carbocycles. The second-order valence-electron chi connectivity index (χ2n) is 5.31. The highest BCUT2D eigenvalue weighted by atomic mass is 16.2. The highest BCUT2D eigenvalue weighted by Gasteiger charge is 2.30. The average molecular weight is 249 g/mol. The number of nitrogens with two attached hydrogens (primary N) is 1. The standard InChI is InChI=1S/C14H23N3O/c1-10-7-8-11(2)17(10)16-14(18)13-6-4-3-5-12(13)9-15/h7-8,12-13H,3-6,9,15H2,1-2H3,(H,16,18). The largest absolute Gasteiger partial charge is 0.330 e. The predicted octanol–water partition coefficient (Wildman–Crippen LogP) is 1.94. The third-order valence-corrected chi connectivity index (χ3v) is 4.04. The molecule has 2 rings (SSSR count). The molecule has 1 aromatic rings. The maximum Gasteiger partial charge on any atom is 0.242 e. The zero-order valence-corrected chi connectivity index (χ0v) is 11.3. The summed E-state index contributed by atoms with van der Waals surface area (Å²) >= 11 is 0. The lowest BCUT2D eigenvalue weighted by Gasteiger charge is -2.30. The Hall–Kier alpha value is -1.29. The van der Waals surface area contributed by atoms with Crippen LogP contribution in [0.4, 0.5) is 0 Å². The van der Waals surface area contributed by atoms with Crippen LogP contribution in [0.2, 0.25) is 0 Å². The lowest BCUT2D eigenvalue weighted by atomic mass is 9.79. The van der Waals surface area contributed by atoms with Gasteiger partial charge in [-0.1, -0.05) is 12.8 Å². The van der Waals surface area contributed by atoms with Gasteiger partial charge in [0.25, 0.3) is 0 Å². The smallest absolute Gasteiger partial charge is 0.242 e. The Balaban J connectivity index is 2.07. The average Bonchev–Trinajstić information content (AvgIpc) is 2.70. The van der Waals surface area contributed by atoms with E-state index in [0.29, 0.717) is 12.5 Å². The molecule has 0 saturated heterocycles. The maximum absolute atomic E-state index is 12.4. The first-order valence-corrected chi connectivity index (χ1v) is 6.79. The zero-order chi connectivity index (χ0) is 13.1. The van der Waals surface area contributed by atoms with Crippen molar-refractivity contribution < 1.29 is 4.79 Å². The summed E-state index contributed by atoms with van der Waals surface area (Å²) in [6.45, 7) is 4.60. The Morgan fingerprint density at radius 3 is 2.56 bits per heavy atom. The molecule has 2 atom stereocenters. The monoisotopic (exact) mass is 249 g/mol. The number of aromatic nitrogens is 1. The van der Waals surface area contributed by atoms with E-state index >= 15 is 0 Å². The summed E-state index contributed by atoms with van der Waals surface area (Å²) in [5.74, 6) is 0.535. The first-order valence-electron chi connectivity index (χ1n) is 6.79. The van der Waals surface area contributed by atoms with E-state index in [2.05, 4.69) is 5.43 Å². The Morgan fingerprint density at radius 1 is 1.33 bits per heavy atom. The molecule has 18 heavy (non-hydrogen) atoms. The quantitative estimate of drug-likeness (QED) is 0.860. The molecule has 3 N–H and O–H groups in total. The van der Waals surface area contributed by atoms with Gasteiger partial charge in [0.05, 0.1) is 0 Å². The Bertz CT molecular complexity index is 405. The van der Waals surface area contributed by atoms with Gasteiger partial charge in [-0.25, -0.2) is 0 Å². The highest BCUT2D eigenvalue weighted by molar-refractivity contribution is 5.86. The van der Waals surface area contributed by atoms with E-state index in [9.17, 15) is 4.79 Å². The molecule has 1 fully saturated rings. The summed E-state index contributed by atoms with van der Waals surface area (Å²) in [5, 5.41) is 0. The van der Waals surface area contributed by atoms with Gasteiger partial charge in [0.15, 0.2) is 0 Å². The van der Waals surface area contributed by atoms with Gasteiger partial charge in [-0.15, -0.1) is 0 Å². The van der Waals surface area contributed by atoms with Gasteiger partial charge in [0.1, 0.15) is 0 Å². The minimum absolute atomic E-state index is 0.0740. The van der Waals surface area contributed by atoms with Crippen molar-refractivity contribution in [2.45, 2.75) is 39.5 Å². The van der Waals surface area contributed by atoms with Gasteiger partial charge in [0.2, 0.25) is 5.91 Å². The lowest BCUT2D eigenvalue weighted by Crippen LogP contribution is -2.39. The van der Waals surface area contributed by atoms with E-state index < -0.39 is 0 Å². The fourth-order valence-corrected chi connectivity index (χ4v) is 2.87. The molecule has 4 nitrogen and oxygen atoms in total. The van der Waals surface area contributed by atoms with Gasteiger partial charge in [-0.05, 0) is 51.3 Å². The third kappa shape index (κ3) is 2.58. The fourth-order valence-electron chi connectivity index (χ4n) is 2.87. The molecule has 100 valence electrons. The van der Waals surface area contributed by atoms with Crippen LogP contribution in [0.5, 0.6) is 0 Å². The normalized spacial score (nSPS) is 23.9. The first-order chi connectivity index (χ1) is 8.63. The number of nitrogens with one attached hydrogen (secondary N) is 1. The van der Waals surface area contributed by atoms with Crippen LogP contribution in [0.3, 0.4) is 0 Å². The number of nitrogens with zero attached hydrogens (tertiary/aromatic N) is 1. The molecule has 0 spiro atoms. The second kappa shape index (κ2) is 5.57. The SMILES string of the molecule is Cc1ccc(C)n1NC(=O)C1CCCCC1CN. The van der Waals surface area contributed by atoms with E-state index in [4.69, 9.17) is 5.73 Å². The van der Waals surface area contributed by atoms with Gasteiger partial charge in [0, 0.05) is 17.3 Å². The van der Waals surface area contributed by atoms with Crippen molar-refractivity contribution in [1.29, 1.82) is 0 Å². The topological polar surface area (TPSA) is 60.0 Å². The first kappa shape index (κ1) is 13.1. The summed E-state index contributed by atoms with van der Waals surface area (Å²) in [6.07, 6.45) is 4.39. The molecule has 0 aromatic carbocycles. The highest BCUT2D eigenvalue weighted by Crippen LogP contribution is 2.29. The number of rotatable bonds is 3. The van der Waals surface area contributed by atoms with E-state index in [1.165, 1.54) is 6.42 Å². The number of aryl methyl sites for hydroxylation is 2. The summed E-state index contributed by atoms with van der Waals surface area (Å²) < 4.78 is 1.87. The van der Waals surface area contributed by atoms with E-state index in [0.717, 1.165) is 30.7 Å². The number of carbonyl (C=O) groups excluding carboxylic acids is 1. The van der Waals surface area contributed by atoms with Gasteiger partial charge in [-0.2, -0.15) is 0 Å². The van der Waals surface area contributed by atoms with Crippen molar-refractivity contribution in [3.05, 3.63) is 23.5 Å². The van der Waals surface area contributed by atoms with Crippen LogP contribution < -0.4 is 11.2 Å². The number of carbonyl (C=O) groups is 1. The van der Waals surface area contributed by atoms with Crippen LogP contribution in [0.25, 0.3) is 0 Å². The van der Waals surface area contributed by atoms with Crippen molar-refractivity contribution in [2.75, 3.05) is 12.0 Å². The van der Waals surface area contributed by atoms with Gasteiger partial charge in [-0.3, -0.25) is 14.9 Å². The van der Waals surface area contributed by atoms with E-state index in [-0.39, 0.29) is 11.8 Å². The Morgan fingerprint density at radius 2 is 1.94 bits per heavy atom. The van der Waals surface area contributed by atoms with Crippen molar-refractivity contribution >= 4 is 5.91 Å². The lowest BCUT2D eigenvalue weighted by molar-refractivity contribution is -0.123. The summed E-state index contributed by atoms with van der Waals surface area (Å²) in [6, 6.07) is 4.02. The maximum atomic E-state index is 12.4. The molecular formula is C14H23N3O. The molecule has 1 amide bonds. The molecule has 1 saturated carbocycles. The van der Waals surface area contributed by atoms with Crippen LogP contribution in [-0.4, -0.2) is 17.1 Å². The minimum atomic E-state index is 0.0740. The molecule has 1 aliphatic rings. The number of hydrogen-bond acceptors (Lipinski definition) is 2. The van der Waals surface area contributed by atoms with Crippen molar-refractivity contribution in [2.24, 2.45) is 17.6 Å². The second-order valence-corrected chi connectivity index (χ2v) is 5.31. The zero-order valence-electron chi connectivity index (χ0n) is 11.3. The van der Waals surface area contributed by atoms with Crippen molar-refractivity contribution in [1.82, 2.24) is 4.68 Å². The van der Waals surface area contributed by atoms with Crippen LogP contribution >= 0.6 is 0 Å². The van der Waals surface area contributed by atoms with Crippen LogP contribution in [0, 0.1) is 25.7 Å². The number of amides is 1. The molecule has 2 unspecified atom stereocenters. The molecule has 1 aromatic heterocycles. The predicted molar refractivity (Wildman–Crippen MR) is 72.8 cm³/mol. The summed E-state index contributed by atoms with van der Waals surface area (Å²) in [7, 11) is 0. The fraction of sp³-hybridized carbons (Fsp3) is 0.643. The Kier molecular flexibility index (Phi) is 4.07. The third-order valence-electron chi connectivity index (χ3n) is 4.04. The summed E-state index contributed by atoms with van der Waals surface area (Å²) in [4.78, 5) is 12.4. The van der Waals surface area contributed by atoms with Gasteiger partial charge < -0.3 is 5.73 Å². The molecule has 0 bridgehead atoms. The van der Waals surface area contributed by atoms with E-state index in [1.807, 2.05) is 30.7 Å². The molecule has 4 heteroatoms.